The fraction of sp³-hybridized carbons (Fsp3) is 0.923. The minimum atomic E-state index is -0.665. The average molecular weight is 1180 g/mol. The molecule has 0 aromatic rings. The third-order valence-electron chi connectivity index (χ3n) is 18.3. The van der Waals surface area contributed by atoms with Gasteiger partial charge < -0.3 is 20.3 Å². The van der Waals surface area contributed by atoms with Crippen LogP contribution in [-0.4, -0.2) is 47.4 Å². The lowest BCUT2D eigenvalue weighted by atomic mass is 10.0. The number of hydrogen-bond acceptors (Lipinski definition) is 5. The highest BCUT2D eigenvalue weighted by atomic mass is 16.5. The van der Waals surface area contributed by atoms with Crippen LogP contribution in [0.1, 0.15) is 438 Å². The molecule has 0 fully saturated rings. The molecule has 498 valence electrons. The number of amides is 1. The van der Waals surface area contributed by atoms with Crippen molar-refractivity contribution in [1.29, 1.82) is 0 Å². The molecule has 1 amide bonds. The SMILES string of the molecule is CCCCC/C=C\C/C=C\CCCCCCCCCC(=O)OCCCCCCCCCCCCCCCCCCCCCCCCCCCC(=O)NC(CO)C(O)CCCCCCCCCCCCCCCCCCCCCCCCCCC. The first kappa shape index (κ1) is 82.3. The summed E-state index contributed by atoms with van der Waals surface area (Å²) in [6.07, 6.45) is 93.9. The predicted octanol–water partition coefficient (Wildman–Crippen LogP) is 25.3. The Hall–Kier alpha value is -1.66. The molecule has 0 rings (SSSR count). The topological polar surface area (TPSA) is 95.9 Å². The Kier molecular flexibility index (Phi) is 72.3. The van der Waals surface area contributed by atoms with E-state index in [1.54, 1.807) is 0 Å². The quantitative estimate of drug-likeness (QED) is 0.0320. The molecule has 0 radical (unpaired) electrons. The maximum atomic E-state index is 12.6. The Morgan fingerprint density at radius 2 is 0.595 bits per heavy atom. The molecule has 0 aromatic heterocycles. The number of carbonyl (C=O) groups is 2. The van der Waals surface area contributed by atoms with Crippen LogP contribution in [0.3, 0.4) is 0 Å². The van der Waals surface area contributed by atoms with Crippen molar-refractivity contribution in [3.63, 3.8) is 0 Å². The molecular formula is C78H151NO5. The second-order valence-corrected chi connectivity index (χ2v) is 26.7. The molecule has 0 aliphatic rings. The van der Waals surface area contributed by atoms with Crippen LogP contribution in [0.2, 0.25) is 0 Å². The second-order valence-electron chi connectivity index (χ2n) is 26.7. The Morgan fingerprint density at radius 3 is 0.929 bits per heavy atom. The summed E-state index contributed by atoms with van der Waals surface area (Å²) in [6.45, 7) is 4.97. The first-order chi connectivity index (χ1) is 41.5. The molecule has 0 saturated heterocycles. The number of allylic oxidation sites excluding steroid dienone is 4. The van der Waals surface area contributed by atoms with E-state index >= 15 is 0 Å². The summed E-state index contributed by atoms with van der Waals surface area (Å²) in [7, 11) is 0. The number of nitrogens with one attached hydrogen (secondary N) is 1. The van der Waals surface area contributed by atoms with Gasteiger partial charge in [0.2, 0.25) is 5.91 Å². The third-order valence-corrected chi connectivity index (χ3v) is 18.3. The second kappa shape index (κ2) is 73.8. The van der Waals surface area contributed by atoms with E-state index in [-0.39, 0.29) is 18.5 Å². The van der Waals surface area contributed by atoms with Gasteiger partial charge in [-0.1, -0.05) is 391 Å². The van der Waals surface area contributed by atoms with E-state index in [4.69, 9.17) is 4.74 Å². The van der Waals surface area contributed by atoms with Gasteiger partial charge in [0.1, 0.15) is 0 Å². The number of rotatable bonds is 73. The molecule has 0 bridgehead atoms. The first-order valence-electron chi connectivity index (χ1n) is 38.6. The van der Waals surface area contributed by atoms with Gasteiger partial charge in [0.15, 0.2) is 0 Å². The van der Waals surface area contributed by atoms with Gasteiger partial charge in [-0.2, -0.15) is 0 Å². The summed E-state index contributed by atoms with van der Waals surface area (Å²) in [5.74, 6) is -0.0178. The van der Waals surface area contributed by atoms with Crippen LogP contribution in [0.5, 0.6) is 0 Å². The zero-order chi connectivity index (χ0) is 60.6. The van der Waals surface area contributed by atoms with Crippen molar-refractivity contribution >= 4 is 11.9 Å². The van der Waals surface area contributed by atoms with E-state index in [9.17, 15) is 19.8 Å². The lowest BCUT2D eigenvalue weighted by Crippen LogP contribution is -2.45. The molecule has 2 unspecified atom stereocenters. The number of carbonyl (C=O) groups excluding carboxylic acids is 2. The van der Waals surface area contributed by atoms with Gasteiger partial charge >= 0.3 is 5.97 Å². The lowest BCUT2D eigenvalue weighted by Gasteiger charge is -2.22. The van der Waals surface area contributed by atoms with Crippen molar-refractivity contribution in [3.05, 3.63) is 24.3 Å². The van der Waals surface area contributed by atoms with Gasteiger partial charge in [-0.05, 0) is 57.8 Å². The molecule has 84 heavy (non-hydrogen) atoms. The Balaban J connectivity index is 3.36. The van der Waals surface area contributed by atoms with E-state index in [0.29, 0.717) is 25.9 Å². The van der Waals surface area contributed by atoms with Gasteiger partial charge in [-0.25, -0.2) is 0 Å². The standard InChI is InChI=1S/C78H151NO5/c1-3-5-7-9-11-13-15-17-19-21-22-23-24-26-29-32-35-39-42-46-50-54-58-62-66-70-76(81)75(74-80)79-77(82)71-67-63-59-55-51-47-43-40-36-33-30-27-25-28-31-34-37-41-45-49-53-57-61-65-69-73-84-78(83)72-68-64-60-56-52-48-44-38-20-18-16-14-12-10-8-6-4-2/h12,14,18,20,75-76,80-81H,3-11,13,15-17,19,21-74H2,1-2H3,(H,79,82)/b14-12-,20-18-. The van der Waals surface area contributed by atoms with Crippen LogP contribution in [0, 0.1) is 0 Å². The highest BCUT2D eigenvalue weighted by Crippen LogP contribution is 2.20. The Labute approximate surface area is 526 Å². The first-order valence-corrected chi connectivity index (χ1v) is 38.6. The molecule has 2 atom stereocenters. The molecule has 0 spiro atoms. The minimum Gasteiger partial charge on any atom is -0.466 e. The maximum Gasteiger partial charge on any atom is 0.305 e. The van der Waals surface area contributed by atoms with Crippen molar-refractivity contribution in [2.24, 2.45) is 0 Å². The van der Waals surface area contributed by atoms with Gasteiger partial charge in [0.05, 0.1) is 25.4 Å². The van der Waals surface area contributed by atoms with Gasteiger partial charge in [-0.3, -0.25) is 9.59 Å². The number of aliphatic hydroxyl groups is 2. The maximum absolute atomic E-state index is 12.6. The van der Waals surface area contributed by atoms with Crippen molar-refractivity contribution < 1.29 is 24.5 Å². The summed E-state index contributed by atoms with van der Waals surface area (Å²) < 4.78 is 5.50. The largest absolute Gasteiger partial charge is 0.466 e. The monoisotopic (exact) mass is 1180 g/mol. The smallest absolute Gasteiger partial charge is 0.305 e. The van der Waals surface area contributed by atoms with Gasteiger partial charge in [0.25, 0.3) is 0 Å². The molecular weight excluding hydrogens is 1030 g/mol. The fourth-order valence-electron chi connectivity index (χ4n) is 12.4. The van der Waals surface area contributed by atoms with Crippen LogP contribution in [0.4, 0.5) is 0 Å². The molecule has 6 heteroatoms. The van der Waals surface area contributed by atoms with E-state index < -0.39 is 12.1 Å². The van der Waals surface area contributed by atoms with Crippen molar-refractivity contribution in [2.75, 3.05) is 13.2 Å². The predicted molar refractivity (Wildman–Crippen MR) is 370 cm³/mol. The summed E-state index contributed by atoms with van der Waals surface area (Å²) in [5.41, 5.74) is 0. The van der Waals surface area contributed by atoms with Crippen LogP contribution in [0.15, 0.2) is 24.3 Å². The van der Waals surface area contributed by atoms with Gasteiger partial charge in [0, 0.05) is 12.8 Å². The minimum absolute atomic E-state index is 0.00986. The van der Waals surface area contributed by atoms with E-state index in [1.165, 1.54) is 353 Å². The van der Waals surface area contributed by atoms with Gasteiger partial charge in [-0.15, -0.1) is 0 Å². The number of ether oxygens (including phenoxy) is 1. The van der Waals surface area contributed by atoms with Crippen molar-refractivity contribution in [3.8, 4) is 0 Å². The zero-order valence-corrected chi connectivity index (χ0v) is 57.2. The van der Waals surface area contributed by atoms with Crippen LogP contribution in [0.25, 0.3) is 0 Å². The van der Waals surface area contributed by atoms with Crippen molar-refractivity contribution in [2.45, 2.75) is 450 Å². The zero-order valence-electron chi connectivity index (χ0n) is 57.2. The number of hydrogen-bond donors (Lipinski definition) is 3. The molecule has 0 heterocycles. The summed E-state index contributed by atoms with van der Waals surface area (Å²) >= 11 is 0. The molecule has 3 N–H and O–H groups in total. The highest BCUT2D eigenvalue weighted by Gasteiger charge is 2.20. The van der Waals surface area contributed by atoms with Crippen LogP contribution >= 0.6 is 0 Å². The van der Waals surface area contributed by atoms with E-state index in [1.807, 2.05) is 0 Å². The average Bonchev–Trinajstić information content (AvgIpc) is 3.51. The third kappa shape index (κ3) is 69.4. The van der Waals surface area contributed by atoms with Crippen molar-refractivity contribution in [1.82, 2.24) is 5.32 Å². The molecule has 0 aromatic carbocycles. The van der Waals surface area contributed by atoms with Crippen LogP contribution < -0.4 is 5.32 Å². The molecule has 6 nitrogen and oxygen atoms in total. The number of esters is 1. The van der Waals surface area contributed by atoms with Crippen LogP contribution in [-0.2, 0) is 14.3 Å². The van der Waals surface area contributed by atoms with E-state index in [2.05, 4.69) is 43.5 Å². The summed E-state index contributed by atoms with van der Waals surface area (Å²) in [4.78, 5) is 24.7. The molecule has 0 saturated carbocycles. The summed E-state index contributed by atoms with van der Waals surface area (Å²) in [5, 5.41) is 23.5. The fourth-order valence-corrected chi connectivity index (χ4v) is 12.4. The number of unbranched alkanes of at least 4 members (excludes halogenated alkanes) is 58. The van der Waals surface area contributed by atoms with E-state index in [0.717, 1.165) is 51.4 Å². The molecule has 0 aliphatic carbocycles. The Bertz CT molecular complexity index is 1320. The number of aliphatic hydroxyl groups excluding tert-OH is 2. The normalized spacial score (nSPS) is 12.6. The lowest BCUT2D eigenvalue weighted by molar-refractivity contribution is -0.143. The Morgan fingerprint density at radius 1 is 0.333 bits per heavy atom. The summed E-state index contributed by atoms with van der Waals surface area (Å²) in [6, 6.07) is -0.542. The highest BCUT2D eigenvalue weighted by molar-refractivity contribution is 5.76. The molecule has 0 aliphatic heterocycles.